The molecule has 1 rings (SSSR count). The molecule has 5 heteroatoms. The summed E-state index contributed by atoms with van der Waals surface area (Å²) < 4.78 is 0. The van der Waals surface area contributed by atoms with E-state index in [1.807, 2.05) is 0 Å². The Hall–Kier alpha value is -1.62. The lowest BCUT2D eigenvalue weighted by atomic mass is 10.4. The maximum atomic E-state index is 11.1. The highest BCUT2D eigenvalue weighted by molar-refractivity contribution is 5.88. The summed E-state index contributed by atoms with van der Waals surface area (Å²) in [4.78, 5) is 28.5. The standard InChI is InChI=1S/C8H10N2O3/c1-2-9-13-8(12)7-4-3-6(5-11)10-7/h3-5,9-10H,2H2,1H3. The Morgan fingerprint density at radius 1 is 1.69 bits per heavy atom. The number of hydroxylamine groups is 1. The fourth-order valence-electron chi connectivity index (χ4n) is 0.792. The third-order valence-corrected chi connectivity index (χ3v) is 1.36. The minimum Gasteiger partial charge on any atom is -0.366 e. The predicted molar refractivity (Wildman–Crippen MR) is 45.3 cm³/mol. The Bertz CT molecular complexity index is 306. The average Bonchev–Trinajstić information content (AvgIpc) is 2.62. The van der Waals surface area contributed by atoms with E-state index in [1.54, 1.807) is 6.92 Å². The highest BCUT2D eigenvalue weighted by Gasteiger charge is 2.08. The van der Waals surface area contributed by atoms with Crippen LogP contribution in [-0.4, -0.2) is 23.8 Å². The van der Waals surface area contributed by atoms with Gasteiger partial charge in [-0.15, -0.1) is 0 Å². The zero-order valence-corrected chi connectivity index (χ0v) is 7.16. The maximum absolute atomic E-state index is 11.1. The number of hydrogen-bond donors (Lipinski definition) is 2. The number of H-pyrrole nitrogens is 1. The summed E-state index contributed by atoms with van der Waals surface area (Å²) in [6, 6.07) is 3.00. The van der Waals surface area contributed by atoms with Crippen molar-refractivity contribution >= 4 is 12.3 Å². The van der Waals surface area contributed by atoms with Crippen molar-refractivity contribution in [1.82, 2.24) is 10.5 Å². The van der Waals surface area contributed by atoms with E-state index in [9.17, 15) is 9.59 Å². The van der Waals surface area contributed by atoms with Gasteiger partial charge in [-0.1, -0.05) is 0 Å². The first kappa shape index (κ1) is 9.47. The van der Waals surface area contributed by atoms with Crippen molar-refractivity contribution in [1.29, 1.82) is 0 Å². The second-order valence-electron chi connectivity index (χ2n) is 2.33. The zero-order valence-electron chi connectivity index (χ0n) is 7.16. The van der Waals surface area contributed by atoms with E-state index in [0.717, 1.165) is 0 Å². The van der Waals surface area contributed by atoms with Crippen LogP contribution in [-0.2, 0) is 4.84 Å². The van der Waals surface area contributed by atoms with Crippen molar-refractivity contribution in [2.24, 2.45) is 0 Å². The van der Waals surface area contributed by atoms with Crippen molar-refractivity contribution in [2.75, 3.05) is 6.54 Å². The molecule has 0 atom stereocenters. The third kappa shape index (κ3) is 2.41. The van der Waals surface area contributed by atoms with Crippen molar-refractivity contribution in [2.45, 2.75) is 6.92 Å². The first-order chi connectivity index (χ1) is 6.27. The molecule has 0 saturated carbocycles. The smallest absolute Gasteiger partial charge is 0.366 e. The second kappa shape index (κ2) is 4.42. The van der Waals surface area contributed by atoms with Gasteiger partial charge in [0.25, 0.3) is 0 Å². The quantitative estimate of drug-likeness (QED) is 0.525. The number of nitrogens with one attached hydrogen (secondary N) is 2. The molecular weight excluding hydrogens is 172 g/mol. The molecule has 5 nitrogen and oxygen atoms in total. The lowest BCUT2D eigenvalue weighted by molar-refractivity contribution is 0.0259. The molecule has 0 aliphatic rings. The topological polar surface area (TPSA) is 71.2 Å². The van der Waals surface area contributed by atoms with Crippen LogP contribution in [0.5, 0.6) is 0 Å². The van der Waals surface area contributed by atoms with Crippen molar-refractivity contribution < 1.29 is 14.4 Å². The molecule has 0 unspecified atom stereocenters. The summed E-state index contributed by atoms with van der Waals surface area (Å²) in [5.41, 5.74) is 3.02. The number of rotatable bonds is 4. The summed E-state index contributed by atoms with van der Waals surface area (Å²) in [7, 11) is 0. The number of aldehydes is 1. The van der Waals surface area contributed by atoms with Crippen LogP contribution in [0.2, 0.25) is 0 Å². The Kier molecular flexibility index (Phi) is 3.22. The van der Waals surface area contributed by atoms with E-state index < -0.39 is 5.97 Å². The van der Waals surface area contributed by atoms with Crippen LogP contribution in [0.1, 0.15) is 27.9 Å². The van der Waals surface area contributed by atoms with Crippen molar-refractivity contribution in [3.05, 3.63) is 23.5 Å². The van der Waals surface area contributed by atoms with E-state index >= 15 is 0 Å². The molecule has 0 aromatic carbocycles. The molecule has 0 amide bonds. The number of aromatic amines is 1. The average molecular weight is 182 g/mol. The SMILES string of the molecule is CCNOC(=O)c1ccc(C=O)[nH]1. The number of hydrogen-bond acceptors (Lipinski definition) is 4. The maximum Gasteiger partial charge on any atom is 0.373 e. The van der Waals surface area contributed by atoms with E-state index in [0.29, 0.717) is 18.5 Å². The largest absolute Gasteiger partial charge is 0.373 e. The summed E-state index contributed by atoms with van der Waals surface area (Å²) >= 11 is 0. The van der Waals surface area contributed by atoms with Gasteiger partial charge in [-0.05, 0) is 19.1 Å². The monoisotopic (exact) mass is 182 g/mol. The Balaban J connectivity index is 2.60. The van der Waals surface area contributed by atoms with Crippen LogP contribution in [0, 0.1) is 0 Å². The molecular formula is C8H10N2O3. The van der Waals surface area contributed by atoms with Gasteiger partial charge in [-0.3, -0.25) is 4.79 Å². The van der Waals surface area contributed by atoms with E-state index in [4.69, 9.17) is 0 Å². The Morgan fingerprint density at radius 3 is 3.00 bits per heavy atom. The predicted octanol–water partition coefficient (Wildman–Crippen LogP) is 0.509. The molecule has 70 valence electrons. The van der Waals surface area contributed by atoms with Gasteiger partial charge in [0.15, 0.2) is 6.29 Å². The zero-order chi connectivity index (χ0) is 9.68. The molecule has 13 heavy (non-hydrogen) atoms. The van der Waals surface area contributed by atoms with Gasteiger partial charge >= 0.3 is 5.97 Å². The van der Waals surface area contributed by atoms with E-state index in [1.165, 1.54) is 12.1 Å². The summed E-state index contributed by atoms with van der Waals surface area (Å²) in [5, 5.41) is 0. The van der Waals surface area contributed by atoms with Crippen molar-refractivity contribution in [3.8, 4) is 0 Å². The number of carbonyl (C=O) groups is 2. The number of carbonyl (C=O) groups excluding carboxylic acids is 2. The van der Waals surface area contributed by atoms with Crippen LogP contribution in [0.15, 0.2) is 12.1 Å². The van der Waals surface area contributed by atoms with Gasteiger partial charge < -0.3 is 9.82 Å². The molecule has 0 spiro atoms. The highest BCUT2D eigenvalue weighted by Crippen LogP contribution is 2.00. The summed E-state index contributed by atoms with van der Waals surface area (Å²) in [6.07, 6.45) is 0.629. The van der Waals surface area contributed by atoms with Gasteiger partial charge in [-0.2, -0.15) is 5.48 Å². The van der Waals surface area contributed by atoms with Gasteiger partial charge in [0.2, 0.25) is 0 Å². The third-order valence-electron chi connectivity index (χ3n) is 1.36. The summed E-state index contributed by atoms with van der Waals surface area (Å²) in [5.74, 6) is -0.532. The molecule has 0 aliphatic heterocycles. The minimum absolute atomic E-state index is 0.253. The van der Waals surface area contributed by atoms with Gasteiger partial charge in [-0.25, -0.2) is 4.79 Å². The lowest BCUT2D eigenvalue weighted by Crippen LogP contribution is -2.19. The Morgan fingerprint density at radius 2 is 2.46 bits per heavy atom. The number of aromatic nitrogens is 1. The van der Waals surface area contributed by atoms with Crippen LogP contribution in [0.3, 0.4) is 0 Å². The molecule has 0 radical (unpaired) electrons. The molecule has 2 N–H and O–H groups in total. The minimum atomic E-state index is -0.532. The molecule has 1 heterocycles. The van der Waals surface area contributed by atoms with Gasteiger partial charge in [0, 0.05) is 6.54 Å². The van der Waals surface area contributed by atoms with E-state index in [2.05, 4.69) is 15.3 Å². The Labute approximate surface area is 75.0 Å². The fraction of sp³-hybridized carbons (Fsp3) is 0.250. The van der Waals surface area contributed by atoms with Gasteiger partial charge in [0.1, 0.15) is 5.69 Å². The first-order valence-electron chi connectivity index (χ1n) is 3.86. The normalized spacial score (nSPS) is 9.62. The molecule has 1 aromatic heterocycles. The molecule has 0 fully saturated rings. The second-order valence-corrected chi connectivity index (χ2v) is 2.33. The van der Waals surface area contributed by atoms with Crippen LogP contribution < -0.4 is 5.48 Å². The summed E-state index contributed by atoms with van der Waals surface area (Å²) in [6.45, 7) is 2.34. The fourth-order valence-corrected chi connectivity index (χ4v) is 0.792. The molecule has 1 aromatic rings. The molecule has 0 bridgehead atoms. The highest BCUT2D eigenvalue weighted by atomic mass is 16.7. The molecule has 0 saturated heterocycles. The van der Waals surface area contributed by atoms with Crippen LogP contribution >= 0.6 is 0 Å². The van der Waals surface area contributed by atoms with E-state index in [-0.39, 0.29) is 5.69 Å². The molecule has 0 aliphatic carbocycles. The lowest BCUT2D eigenvalue weighted by Gasteiger charge is -2.00. The van der Waals surface area contributed by atoms with Crippen molar-refractivity contribution in [3.63, 3.8) is 0 Å². The van der Waals surface area contributed by atoms with Gasteiger partial charge in [0.05, 0.1) is 5.69 Å². The van der Waals surface area contributed by atoms with Crippen LogP contribution in [0.4, 0.5) is 0 Å². The first-order valence-corrected chi connectivity index (χ1v) is 3.86. The van der Waals surface area contributed by atoms with Crippen LogP contribution in [0.25, 0.3) is 0 Å².